The monoisotopic (exact) mass is 503 g/mol. The summed E-state index contributed by atoms with van der Waals surface area (Å²) in [6.45, 7) is 5.40. The highest BCUT2D eigenvalue weighted by molar-refractivity contribution is 6.35. The molecule has 0 spiro atoms. The predicted molar refractivity (Wildman–Crippen MR) is 120 cm³/mol. The van der Waals surface area contributed by atoms with Crippen molar-refractivity contribution in [3.05, 3.63) is 62.6 Å². The van der Waals surface area contributed by atoms with Crippen LogP contribution in [-0.2, 0) is 16.6 Å². The third-order valence-electron chi connectivity index (χ3n) is 5.77. The van der Waals surface area contributed by atoms with E-state index in [9.17, 15) is 27.9 Å². The van der Waals surface area contributed by atoms with E-state index in [0.29, 0.717) is 25.7 Å². The average molecular weight is 504 g/mol. The molecule has 0 fully saturated rings. The van der Waals surface area contributed by atoms with Gasteiger partial charge in [0.1, 0.15) is 0 Å². The summed E-state index contributed by atoms with van der Waals surface area (Å²) in [4.78, 5) is 28.4. The molecule has 0 radical (unpaired) electrons. The molecule has 0 aromatic heterocycles. The fraction of sp³-hybridized carbons (Fsp3) is 0.364. The zero-order valence-corrected chi connectivity index (χ0v) is 19.4. The second kappa shape index (κ2) is 9.13. The molecule has 3 rings (SSSR count). The molecular formula is C22H22Cl2F3N3O3. The van der Waals surface area contributed by atoms with Crippen molar-refractivity contribution >= 4 is 40.7 Å². The number of halogens is 5. The minimum absolute atomic E-state index is 0.0272. The number of carbonyl (C=O) groups is 2. The first-order valence-electron chi connectivity index (χ1n) is 10.1. The van der Waals surface area contributed by atoms with Crippen molar-refractivity contribution in [2.24, 2.45) is 5.73 Å². The molecule has 1 aliphatic heterocycles. The van der Waals surface area contributed by atoms with Crippen molar-refractivity contribution in [2.75, 3.05) is 31.1 Å². The Morgan fingerprint density at radius 3 is 2.33 bits per heavy atom. The lowest BCUT2D eigenvalue weighted by molar-refractivity contribution is -0.142. The molecule has 2 aromatic rings. The number of aliphatic hydroxyl groups is 1. The Hall–Kier alpha value is -2.33. The molecule has 178 valence electrons. The number of hydrogen-bond acceptors (Lipinski definition) is 4. The van der Waals surface area contributed by atoms with E-state index in [1.807, 2.05) is 18.7 Å². The fourth-order valence-corrected chi connectivity index (χ4v) is 4.58. The van der Waals surface area contributed by atoms with Crippen LogP contribution in [0.15, 0.2) is 30.3 Å². The molecule has 1 aliphatic rings. The minimum atomic E-state index is -5.00. The van der Waals surface area contributed by atoms with Crippen LogP contribution in [0.3, 0.4) is 0 Å². The molecule has 3 N–H and O–H groups in total. The second-order valence-electron chi connectivity index (χ2n) is 7.60. The summed E-state index contributed by atoms with van der Waals surface area (Å²) in [6, 6.07) is 5.39. The van der Waals surface area contributed by atoms with Crippen LogP contribution in [0.5, 0.6) is 0 Å². The van der Waals surface area contributed by atoms with Gasteiger partial charge in [0.2, 0.25) is 5.91 Å². The lowest BCUT2D eigenvalue weighted by Gasteiger charge is -2.27. The second-order valence-corrected chi connectivity index (χ2v) is 8.44. The van der Waals surface area contributed by atoms with Crippen molar-refractivity contribution in [1.29, 1.82) is 0 Å². The van der Waals surface area contributed by atoms with Gasteiger partial charge in [-0.15, -0.1) is 0 Å². The van der Waals surface area contributed by atoms with Crippen LogP contribution < -0.4 is 10.6 Å². The number of carbonyl (C=O) groups excluding carboxylic acids is 2. The summed E-state index contributed by atoms with van der Waals surface area (Å²) < 4.78 is 42.4. The molecule has 1 atom stereocenters. The van der Waals surface area contributed by atoms with E-state index in [1.54, 1.807) is 0 Å². The van der Waals surface area contributed by atoms with Crippen LogP contribution in [-0.4, -0.2) is 48.0 Å². The van der Waals surface area contributed by atoms with Gasteiger partial charge in [-0.2, -0.15) is 13.2 Å². The summed E-state index contributed by atoms with van der Waals surface area (Å²) in [5, 5.41) is 11.6. The Balaban J connectivity index is 2.33. The summed E-state index contributed by atoms with van der Waals surface area (Å²) in [5.74, 6) is -2.11. The van der Waals surface area contributed by atoms with Crippen LogP contribution in [0.2, 0.25) is 10.0 Å². The third-order valence-corrected chi connectivity index (χ3v) is 6.32. The number of alkyl halides is 3. The Morgan fingerprint density at radius 2 is 1.82 bits per heavy atom. The van der Waals surface area contributed by atoms with Gasteiger partial charge >= 0.3 is 6.18 Å². The van der Waals surface area contributed by atoms with Crippen molar-refractivity contribution in [1.82, 2.24) is 4.90 Å². The first kappa shape index (κ1) is 25.3. The van der Waals surface area contributed by atoms with Gasteiger partial charge in [0.25, 0.3) is 5.91 Å². The number of rotatable bonds is 7. The number of primary amides is 1. The lowest BCUT2D eigenvalue weighted by atomic mass is 9.83. The van der Waals surface area contributed by atoms with Crippen LogP contribution in [0.4, 0.5) is 18.9 Å². The van der Waals surface area contributed by atoms with Gasteiger partial charge in [0.05, 0.1) is 11.3 Å². The van der Waals surface area contributed by atoms with E-state index in [4.69, 9.17) is 28.9 Å². The van der Waals surface area contributed by atoms with Gasteiger partial charge in [0, 0.05) is 39.8 Å². The van der Waals surface area contributed by atoms with Gasteiger partial charge in [-0.3, -0.25) is 9.59 Å². The number of amides is 2. The predicted octanol–water partition coefficient (Wildman–Crippen LogP) is 4.04. The molecule has 0 unspecified atom stereocenters. The molecule has 0 aliphatic carbocycles. The summed E-state index contributed by atoms with van der Waals surface area (Å²) >= 11 is 12.1. The SMILES string of the molecule is CCN(CC)CCN1C(=O)[C@@](O)(c2ccc(Cl)cc2Cl)c2c1cc(C(N)=O)cc2C(F)(F)F. The van der Waals surface area contributed by atoms with Crippen LogP contribution >= 0.6 is 23.2 Å². The molecule has 2 amide bonds. The number of benzene rings is 2. The number of nitrogens with zero attached hydrogens (tertiary/aromatic N) is 2. The van der Waals surface area contributed by atoms with E-state index in [1.165, 1.54) is 18.2 Å². The van der Waals surface area contributed by atoms with Crippen molar-refractivity contribution in [2.45, 2.75) is 25.6 Å². The van der Waals surface area contributed by atoms with Crippen LogP contribution in [0.1, 0.15) is 40.9 Å². The van der Waals surface area contributed by atoms with Crippen LogP contribution in [0, 0.1) is 0 Å². The molecule has 0 saturated carbocycles. The Bertz CT molecular complexity index is 1110. The molecule has 11 heteroatoms. The van der Waals surface area contributed by atoms with Crippen molar-refractivity contribution < 1.29 is 27.9 Å². The molecule has 0 bridgehead atoms. The number of fused-ring (bicyclic) bond motifs is 1. The van der Waals surface area contributed by atoms with E-state index in [2.05, 4.69) is 0 Å². The number of anilines is 1. The lowest BCUT2D eigenvalue weighted by Crippen LogP contribution is -2.44. The van der Waals surface area contributed by atoms with Gasteiger partial charge < -0.3 is 20.6 Å². The van der Waals surface area contributed by atoms with E-state index < -0.39 is 40.3 Å². The standard InChI is InChI=1S/C22H22Cl2F3N3O3/c1-3-29(4-2)7-8-30-17-10-12(19(28)31)9-15(22(25,26)27)18(17)21(33,20(30)32)14-6-5-13(23)11-16(14)24/h5-6,9-11,33H,3-4,7-8H2,1-2H3,(H2,28,31)/t21-/m1/s1. The van der Waals surface area contributed by atoms with Crippen molar-refractivity contribution in [3.8, 4) is 0 Å². The first-order valence-corrected chi connectivity index (χ1v) is 10.9. The largest absolute Gasteiger partial charge is 0.416 e. The Morgan fingerprint density at radius 1 is 1.18 bits per heavy atom. The highest BCUT2D eigenvalue weighted by Crippen LogP contribution is 2.52. The number of likely N-dealkylation sites (N-methyl/N-ethyl adjacent to an activating group) is 1. The van der Waals surface area contributed by atoms with Gasteiger partial charge in [-0.1, -0.05) is 43.1 Å². The van der Waals surface area contributed by atoms with Gasteiger partial charge in [-0.25, -0.2) is 0 Å². The smallest absolute Gasteiger partial charge is 0.372 e. The maximum absolute atomic E-state index is 14.1. The molecule has 1 heterocycles. The maximum atomic E-state index is 14.1. The molecule has 2 aromatic carbocycles. The summed E-state index contributed by atoms with van der Waals surface area (Å²) in [6.07, 6.45) is -5.00. The Kier molecular flexibility index (Phi) is 7.00. The van der Waals surface area contributed by atoms with Gasteiger partial charge in [0.15, 0.2) is 5.60 Å². The molecule has 33 heavy (non-hydrogen) atoms. The average Bonchev–Trinajstić information content (AvgIpc) is 2.95. The molecule has 6 nitrogen and oxygen atoms in total. The van der Waals surface area contributed by atoms with Crippen LogP contribution in [0.25, 0.3) is 0 Å². The van der Waals surface area contributed by atoms with E-state index in [-0.39, 0.29) is 27.8 Å². The highest BCUT2D eigenvalue weighted by atomic mass is 35.5. The van der Waals surface area contributed by atoms with E-state index >= 15 is 0 Å². The topological polar surface area (TPSA) is 86.9 Å². The Labute approximate surface area is 198 Å². The fourth-order valence-electron chi connectivity index (χ4n) is 4.03. The highest BCUT2D eigenvalue weighted by Gasteiger charge is 2.56. The molecule has 0 saturated heterocycles. The third kappa shape index (κ3) is 4.42. The van der Waals surface area contributed by atoms with Gasteiger partial charge in [-0.05, 0) is 37.4 Å². The summed E-state index contributed by atoms with van der Waals surface area (Å²) in [7, 11) is 0. The first-order chi connectivity index (χ1) is 15.4. The summed E-state index contributed by atoms with van der Waals surface area (Å²) in [5.41, 5.74) is -0.457. The number of hydrogen-bond donors (Lipinski definition) is 2. The van der Waals surface area contributed by atoms with E-state index in [0.717, 1.165) is 11.0 Å². The zero-order chi connectivity index (χ0) is 24.7. The van der Waals surface area contributed by atoms with Crippen molar-refractivity contribution in [3.63, 3.8) is 0 Å². The minimum Gasteiger partial charge on any atom is -0.372 e. The number of nitrogens with two attached hydrogens (primary N) is 1. The normalized spacial score (nSPS) is 18.2. The molecular weight excluding hydrogens is 482 g/mol. The zero-order valence-electron chi connectivity index (χ0n) is 17.8. The maximum Gasteiger partial charge on any atom is 0.416 e. The quantitative estimate of drug-likeness (QED) is 0.596.